The molecule has 5 nitrogen and oxygen atoms in total. The van der Waals surface area contributed by atoms with E-state index in [0.29, 0.717) is 24.6 Å². The number of hydrogen-bond acceptors (Lipinski definition) is 4. The van der Waals surface area contributed by atoms with Gasteiger partial charge in [-0.05, 0) is 36.4 Å². The van der Waals surface area contributed by atoms with Crippen LogP contribution < -0.4 is 9.64 Å². The molecule has 1 aromatic heterocycles. The smallest absolute Gasteiger partial charge is 0.289 e. The summed E-state index contributed by atoms with van der Waals surface area (Å²) in [4.78, 5) is 16.8. The number of para-hydroxylation sites is 2. The highest BCUT2D eigenvalue weighted by Crippen LogP contribution is 2.26. The van der Waals surface area contributed by atoms with E-state index in [-0.39, 0.29) is 12.5 Å². The van der Waals surface area contributed by atoms with E-state index in [4.69, 9.17) is 20.8 Å². The van der Waals surface area contributed by atoms with Crippen molar-refractivity contribution < 1.29 is 13.9 Å². The van der Waals surface area contributed by atoms with Crippen LogP contribution in [0.5, 0.6) is 5.75 Å². The van der Waals surface area contributed by atoms with Gasteiger partial charge in [0.25, 0.3) is 5.91 Å². The van der Waals surface area contributed by atoms with Gasteiger partial charge in [0, 0.05) is 26.2 Å². The van der Waals surface area contributed by atoms with Crippen LogP contribution in [0.4, 0.5) is 5.69 Å². The molecule has 1 aliphatic heterocycles. The number of carbonyl (C=O) groups excluding carboxylic acids is 1. The molecule has 1 fully saturated rings. The Morgan fingerprint density at radius 3 is 2.39 bits per heavy atom. The van der Waals surface area contributed by atoms with Gasteiger partial charge < -0.3 is 19.0 Å². The molecule has 144 valence electrons. The van der Waals surface area contributed by atoms with Crippen LogP contribution in [0.1, 0.15) is 16.3 Å². The van der Waals surface area contributed by atoms with Crippen LogP contribution in [0.25, 0.3) is 0 Å². The Balaban J connectivity index is 1.33. The van der Waals surface area contributed by atoms with E-state index in [9.17, 15) is 4.79 Å². The Kier molecular flexibility index (Phi) is 5.53. The maximum Gasteiger partial charge on any atom is 0.289 e. The van der Waals surface area contributed by atoms with Crippen molar-refractivity contribution in [1.29, 1.82) is 0 Å². The SMILES string of the molecule is O=C(c1ccc(COc2ccccc2)o1)N1CCN(c2ccccc2Cl)CC1. The Bertz CT molecular complexity index is 934. The first kappa shape index (κ1) is 18.4. The number of piperazine rings is 1. The first-order chi connectivity index (χ1) is 13.7. The van der Waals surface area contributed by atoms with Crippen LogP contribution in [-0.2, 0) is 6.61 Å². The number of hydrogen-bond donors (Lipinski definition) is 0. The molecular weight excluding hydrogens is 376 g/mol. The zero-order valence-electron chi connectivity index (χ0n) is 15.4. The normalized spacial score (nSPS) is 14.2. The van der Waals surface area contributed by atoms with Crippen molar-refractivity contribution >= 4 is 23.2 Å². The standard InChI is InChI=1S/C22H21ClN2O3/c23-19-8-4-5-9-20(19)24-12-14-25(15-13-24)22(26)21-11-10-18(28-21)16-27-17-6-2-1-3-7-17/h1-11H,12-16H2. The molecule has 0 saturated carbocycles. The molecule has 0 bridgehead atoms. The molecule has 6 heteroatoms. The summed E-state index contributed by atoms with van der Waals surface area (Å²) in [6.45, 7) is 3.01. The minimum Gasteiger partial charge on any atom is -0.486 e. The second-order valence-corrected chi connectivity index (χ2v) is 7.01. The minimum atomic E-state index is -0.0928. The maximum atomic E-state index is 12.7. The quantitative estimate of drug-likeness (QED) is 0.638. The number of furan rings is 1. The van der Waals surface area contributed by atoms with Gasteiger partial charge in [0.2, 0.25) is 0 Å². The molecule has 0 atom stereocenters. The van der Waals surface area contributed by atoms with Crippen LogP contribution in [0.3, 0.4) is 0 Å². The lowest BCUT2D eigenvalue weighted by Gasteiger charge is -2.36. The minimum absolute atomic E-state index is 0.0928. The number of anilines is 1. The summed E-state index contributed by atoms with van der Waals surface area (Å²) < 4.78 is 11.4. The highest BCUT2D eigenvalue weighted by molar-refractivity contribution is 6.33. The Morgan fingerprint density at radius 2 is 1.64 bits per heavy atom. The van der Waals surface area contributed by atoms with Gasteiger partial charge in [0.1, 0.15) is 18.1 Å². The van der Waals surface area contributed by atoms with Crippen molar-refractivity contribution in [2.24, 2.45) is 0 Å². The molecule has 1 saturated heterocycles. The molecule has 0 spiro atoms. The number of carbonyl (C=O) groups is 1. The number of benzene rings is 2. The molecule has 0 radical (unpaired) electrons. The lowest BCUT2D eigenvalue weighted by molar-refractivity contribution is 0.0710. The molecule has 2 aromatic carbocycles. The van der Waals surface area contributed by atoms with Crippen LogP contribution >= 0.6 is 11.6 Å². The Labute approximate surface area is 169 Å². The molecule has 0 aliphatic carbocycles. The predicted octanol–water partition coefficient (Wildman–Crippen LogP) is 4.47. The van der Waals surface area contributed by atoms with Crippen LogP contribution in [0.15, 0.2) is 71.1 Å². The first-order valence-electron chi connectivity index (χ1n) is 9.26. The topological polar surface area (TPSA) is 45.9 Å². The molecule has 28 heavy (non-hydrogen) atoms. The second-order valence-electron chi connectivity index (χ2n) is 6.60. The van der Waals surface area contributed by atoms with Gasteiger partial charge in [-0.2, -0.15) is 0 Å². The summed E-state index contributed by atoms with van der Waals surface area (Å²) in [5.74, 6) is 1.65. The molecular formula is C22H21ClN2O3. The molecule has 0 N–H and O–H groups in total. The van der Waals surface area contributed by atoms with E-state index in [2.05, 4.69) is 4.90 Å². The first-order valence-corrected chi connectivity index (χ1v) is 9.64. The fourth-order valence-electron chi connectivity index (χ4n) is 3.26. The average molecular weight is 397 g/mol. The van der Waals surface area contributed by atoms with E-state index < -0.39 is 0 Å². The maximum absolute atomic E-state index is 12.7. The number of ether oxygens (including phenoxy) is 1. The van der Waals surface area contributed by atoms with Gasteiger partial charge in [-0.1, -0.05) is 41.9 Å². The predicted molar refractivity (Wildman–Crippen MR) is 109 cm³/mol. The molecule has 2 heterocycles. The van der Waals surface area contributed by atoms with Crippen LogP contribution in [0.2, 0.25) is 5.02 Å². The number of nitrogens with zero attached hydrogens (tertiary/aromatic N) is 2. The molecule has 1 aliphatic rings. The number of rotatable bonds is 5. The van der Waals surface area contributed by atoms with Gasteiger partial charge in [0.15, 0.2) is 5.76 Å². The largest absolute Gasteiger partial charge is 0.486 e. The monoisotopic (exact) mass is 396 g/mol. The van der Waals surface area contributed by atoms with Gasteiger partial charge in [-0.15, -0.1) is 0 Å². The van der Waals surface area contributed by atoms with Crippen molar-refractivity contribution in [2.75, 3.05) is 31.1 Å². The van der Waals surface area contributed by atoms with E-state index >= 15 is 0 Å². The van der Waals surface area contributed by atoms with E-state index in [0.717, 1.165) is 29.5 Å². The molecule has 4 rings (SSSR count). The number of amides is 1. The Morgan fingerprint density at radius 1 is 0.929 bits per heavy atom. The van der Waals surface area contributed by atoms with Gasteiger partial charge in [-0.25, -0.2) is 0 Å². The van der Waals surface area contributed by atoms with E-state index in [1.807, 2.05) is 59.5 Å². The van der Waals surface area contributed by atoms with Crippen molar-refractivity contribution in [3.63, 3.8) is 0 Å². The van der Waals surface area contributed by atoms with Crippen LogP contribution in [0, 0.1) is 0 Å². The summed E-state index contributed by atoms with van der Waals surface area (Å²) >= 11 is 6.28. The summed E-state index contributed by atoms with van der Waals surface area (Å²) in [5.41, 5.74) is 1.01. The number of halogens is 1. The zero-order valence-corrected chi connectivity index (χ0v) is 16.1. The van der Waals surface area contributed by atoms with Crippen molar-refractivity contribution in [3.05, 3.63) is 83.3 Å². The average Bonchev–Trinajstić information content (AvgIpc) is 3.22. The molecule has 3 aromatic rings. The van der Waals surface area contributed by atoms with E-state index in [1.165, 1.54) is 0 Å². The van der Waals surface area contributed by atoms with Crippen molar-refractivity contribution in [1.82, 2.24) is 4.90 Å². The molecule has 0 unspecified atom stereocenters. The van der Waals surface area contributed by atoms with Crippen molar-refractivity contribution in [3.8, 4) is 5.75 Å². The Hall–Kier alpha value is -2.92. The lowest BCUT2D eigenvalue weighted by Crippen LogP contribution is -2.48. The van der Waals surface area contributed by atoms with Crippen molar-refractivity contribution in [2.45, 2.75) is 6.61 Å². The third-order valence-corrected chi connectivity index (χ3v) is 5.08. The van der Waals surface area contributed by atoms with E-state index in [1.54, 1.807) is 12.1 Å². The summed E-state index contributed by atoms with van der Waals surface area (Å²) in [6.07, 6.45) is 0. The highest BCUT2D eigenvalue weighted by Gasteiger charge is 2.25. The fourth-order valence-corrected chi connectivity index (χ4v) is 3.51. The summed E-state index contributed by atoms with van der Waals surface area (Å²) in [7, 11) is 0. The summed E-state index contributed by atoms with van der Waals surface area (Å²) in [5, 5.41) is 0.733. The molecule has 1 amide bonds. The third kappa shape index (κ3) is 4.15. The lowest BCUT2D eigenvalue weighted by atomic mass is 10.2. The third-order valence-electron chi connectivity index (χ3n) is 4.76. The fraction of sp³-hybridized carbons (Fsp3) is 0.227. The second kappa shape index (κ2) is 8.40. The zero-order chi connectivity index (χ0) is 19.3. The highest BCUT2D eigenvalue weighted by atomic mass is 35.5. The summed E-state index contributed by atoms with van der Waals surface area (Å²) in [6, 6.07) is 20.8. The van der Waals surface area contributed by atoms with Gasteiger partial charge in [0.05, 0.1) is 10.7 Å². The van der Waals surface area contributed by atoms with Crippen LogP contribution in [-0.4, -0.2) is 37.0 Å². The van der Waals surface area contributed by atoms with Gasteiger partial charge >= 0.3 is 0 Å². The van der Waals surface area contributed by atoms with Gasteiger partial charge in [-0.3, -0.25) is 4.79 Å².